The van der Waals surface area contributed by atoms with E-state index in [4.69, 9.17) is 5.73 Å². The van der Waals surface area contributed by atoms with Crippen molar-refractivity contribution in [1.82, 2.24) is 5.32 Å². The molecule has 1 aromatic carbocycles. The molecule has 6 N–H and O–H groups in total. The fourth-order valence-electron chi connectivity index (χ4n) is 2.36. The van der Waals surface area contributed by atoms with E-state index in [1.54, 1.807) is 32.9 Å². The molecule has 1 rings (SSSR count). The summed E-state index contributed by atoms with van der Waals surface area (Å²) in [5.41, 5.74) is 3.07. The molecule has 7 nitrogen and oxygen atoms in total. The maximum atomic E-state index is 11.8. The van der Waals surface area contributed by atoms with Crippen LogP contribution in [0.3, 0.4) is 0 Å². The van der Waals surface area contributed by atoms with Gasteiger partial charge in [0.15, 0.2) is 0 Å². The van der Waals surface area contributed by atoms with Gasteiger partial charge in [0.25, 0.3) is 5.72 Å². The zero-order valence-corrected chi connectivity index (χ0v) is 13.5. The standard InChI is InChI=1S/C16H24N2O5/c1-4-5-12(20)18-16(23,14(21)22)13(17)15(2,3)10-6-8-11(19)9-7-10/h6-9,13,19,23H,4-5,17H2,1-3H3,(H,18,20)(H,21,22)/t13-,16+/m1/s1. The van der Waals surface area contributed by atoms with Gasteiger partial charge >= 0.3 is 5.97 Å². The van der Waals surface area contributed by atoms with E-state index in [9.17, 15) is 24.9 Å². The molecule has 0 aliphatic rings. The van der Waals surface area contributed by atoms with Crippen LogP contribution in [0.1, 0.15) is 39.2 Å². The number of carbonyl (C=O) groups excluding carboxylic acids is 1. The van der Waals surface area contributed by atoms with Gasteiger partial charge < -0.3 is 26.4 Å². The fourth-order valence-corrected chi connectivity index (χ4v) is 2.36. The number of carboxylic acid groups (broad SMARTS) is 1. The summed E-state index contributed by atoms with van der Waals surface area (Å²) in [4.78, 5) is 23.3. The van der Waals surface area contributed by atoms with E-state index >= 15 is 0 Å². The number of carboxylic acids is 1. The van der Waals surface area contributed by atoms with Gasteiger partial charge in [0.2, 0.25) is 5.91 Å². The number of aromatic hydroxyl groups is 1. The van der Waals surface area contributed by atoms with Gasteiger partial charge in [-0.25, -0.2) is 4.79 Å². The van der Waals surface area contributed by atoms with E-state index in [2.05, 4.69) is 5.32 Å². The Morgan fingerprint density at radius 1 is 1.26 bits per heavy atom. The number of aliphatic carboxylic acids is 1. The summed E-state index contributed by atoms with van der Waals surface area (Å²) in [5.74, 6) is -2.15. The van der Waals surface area contributed by atoms with Crippen LogP contribution in [0.25, 0.3) is 0 Å². The number of hydrogen-bond acceptors (Lipinski definition) is 5. The smallest absolute Gasteiger partial charge is 0.358 e. The Balaban J connectivity index is 3.17. The van der Waals surface area contributed by atoms with Crippen molar-refractivity contribution in [2.24, 2.45) is 5.73 Å². The highest BCUT2D eigenvalue weighted by molar-refractivity contribution is 5.86. The van der Waals surface area contributed by atoms with Crippen LogP contribution < -0.4 is 11.1 Å². The topological polar surface area (TPSA) is 133 Å². The number of nitrogens with two attached hydrogens (primary N) is 1. The van der Waals surface area contributed by atoms with Gasteiger partial charge in [-0.2, -0.15) is 0 Å². The zero-order chi connectivity index (χ0) is 17.8. The number of rotatable bonds is 7. The molecule has 0 bridgehead atoms. The lowest BCUT2D eigenvalue weighted by Gasteiger charge is -2.40. The number of phenolic OH excluding ortho intramolecular Hbond substituents is 1. The predicted molar refractivity (Wildman–Crippen MR) is 84.7 cm³/mol. The number of benzene rings is 1. The molecule has 0 heterocycles. The molecule has 0 radical (unpaired) electrons. The third-order valence-electron chi connectivity index (χ3n) is 3.97. The first-order valence-corrected chi connectivity index (χ1v) is 7.37. The van der Waals surface area contributed by atoms with Crippen LogP contribution >= 0.6 is 0 Å². The molecule has 0 unspecified atom stereocenters. The first kappa shape index (κ1) is 18.9. The highest BCUT2D eigenvalue weighted by Gasteiger charge is 2.51. The van der Waals surface area contributed by atoms with Crippen molar-refractivity contribution in [2.75, 3.05) is 0 Å². The second kappa shape index (κ2) is 6.97. The summed E-state index contributed by atoms with van der Waals surface area (Å²) in [7, 11) is 0. The summed E-state index contributed by atoms with van der Waals surface area (Å²) in [6.45, 7) is 5.08. The Kier molecular flexibility index (Phi) is 5.74. The minimum Gasteiger partial charge on any atom is -0.508 e. The van der Waals surface area contributed by atoms with Crippen molar-refractivity contribution in [2.45, 2.75) is 50.8 Å². The SMILES string of the molecule is CCCC(=O)N[C@@](O)(C(=O)O)[C@H](N)C(C)(C)c1ccc(O)cc1. The molecule has 0 saturated carbocycles. The predicted octanol–water partition coefficient (Wildman–Crippen LogP) is 0.687. The van der Waals surface area contributed by atoms with E-state index in [1.165, 1.54) is 12.1 Å². The Hall–Kier alpha value is -2.12. The summed E-state index contributed by atoms with van der Waals surface area (Å²) < 4.78 is 0. The van der Waals surface area contributed by atoms with Gasteiger partial charge in [-0.3, -0.25) is 4.79 Å². The van der Waals surface area contributed by atoms with Gasteiger partial charge in [0.1, 0.15) is 5.75 Å². The van der Waals surface area contributed by atoms with Crippen LogP contribution in [0.4, 0.5) is 0 Å². The van der Waals surface area contributed by atoms with Gasteiger partial charge in [-0.15, -0.1) is 0 Å². The van der Waals surface area contributed by atoms with Gasteiger partial charge in [-0.1, -0.05) is 32.9 Å². The minimum atomic E-state index is -2.60. The maximum absolute atomic E-state index is 11.8. The molecule has 2 atom stereocenters. The van der Waals surface area contributed by atoms with Crippen molar-refractivity contribution in [3.63, 3.8) is 0 Å². The lowest BCUT2D eigenvalue weighted by molar-refractivity contribution is -0.170. The quantitative estimate of drug-likeness (QED) is 0.469. The molecule has 1 amide bonds. The fraction of sp³-hybridized carbons (Fsp3) is 0.500. The second-order valence-corrected chi connectivity index (χ2v) is 6.12. The van der Waals surface area contributed by atoms with Crippen molar-refractivity contribution >= 4 is 11.9 Å². The molecule has 7 heteroatoms. The Morgan fingerprint density at radius 2 is 1.78 bits per heavy atom. The average molecular weight is 324 g/mol. The van der Waals surface area contributed by atoms with E-state index in [0.717, 1.165) is 0 Å². The Labute approximate surface area is 135 Å². The van der Waals surface area contributed by atoms with Crippen LogP contribution in [0, 0.1) is 0 Å². The molecule has 0 spiro atoms. The molecule has 0 aliphatic carbocycles. The second-order valence-electron chi connectivity index (χ2n) is 6.12. The lowest BCUT2D eigenvalue weighted by Crippen LogP contribution is -2.69. The van der Waals surface area contributed by atoms with Crippen molar-refractivity contribution in [3.05, 3.63) is 29.8 Å². The molecule has 1 aromatic rings. The molecule has 0 fully saturated rings. The number of phenols is 1. The summed E-state index contributed by atoms with van der Waals surface area (Å²) in [6, 6.07) is 4.74. The first-order valence-electron chi connectivity index (χ1n) is 7.37. The average Bonchev–Trinajstić information content (AvgIpc) is 2.46. The lowest BCUT2D eigenvalue weighted by atomic mass is 9.73. The summed E-state index contributed by atoms with van der Waals surface area (Å²) in [5, 5.41) is 31.4. The highest BCUT2D eigenvalue weighted by Crippen LogP contribution is 2.32. The molecule has 0 aromatic heterocycles. The molecule has 0 saturated heterocycles. The van der Waals surface area contributed by atoms with Gasteiger partial charge in [0, 0.05) is 11.8 Å². The Bertz CT molecular complexity index is 570. The first-order chi connectivity index (χ1) is 10.6. The molecular weight excluding hydrogens is 300 g/mol. The number of carbonyl (C=O) groups is 2. The third kappa shape index (κ3) is 4.00. The summed E-state index contributed by atoms with van der Waals surface area (Å²) >= 11 is 0. The van der Waals surface area contributed by atoms with Crippen LogP contribution in [0.5, 0.6) is 5.75 Å². The molecule has 23 heavy (non-hydrogen) atoms. The van der Waals surface area contributed by atoms with Crippen LogP contribution in [0.2, 0.25) is 0 Å². The van der Waals surface area contributed by atoms with E-state index in [1.807, 2.05) is 0 Å². The minimum absolute atomic E-state index is 0.0582. The van der Waals surface area contributed by atoms with Gasteiger partial charge in [0.05, 0.1) is 6.04 Å². The van der Waals surface area contributed by atoms with E-state index in [0.29, 0.717) is 12.0 Å². The van der Waals surface area contributed by atoms with Crippen molar-refractivity contribution in [1.29, 1.82) is 0 Å². The van der Waals surface area contributed by atoms with Crippen molar-refractivity contribution < 1.29 is 24.9 Å². The Morgan fingerprint density at radius 3 is 2.22 bits per heavy atom. The molecular formula is C16H24N2O5. The van der Waals surface area contributed by atoms with Crippen molar-refractivity contribution in [3.8, 4) is 5.75 Å². The zero-order valence-electron chi connectivity index (χ0n) is 13.5. The van der Waals surface area contributed by atoms with Crippen LogP contribution in [-0.4, -0.2) is 39.0 Å². The van der Waals surface area contributed by atoms with E-state index < -0.39 is 29.1 Å². The largest absolute Gasteiger partial charge is 0.508 e. The van der Waals surface area contributed by atoms with Crippen LogP contribution in [-0.2, 0) is 15.0 Å². The normalized spacial score (nSPS) is 15.5. The number of nitrogens with one attached hydrogen (secondary N) is 1. The molecule has 0 aliphatic heterocycles. The summed E-state index contributed by atoms with van der Waals surface area (Å²) in [6.07, 6.45) is 0.597. The molecule has 128 valence electrons. The third-order valence-corrected chi connectivity index (χ3v) is 3.97. The number of aliphatic hydroxyl groups is 1. The monoisotopic (exact) mass is 324 g/mol. The highest BCUT2D eigenvalue weighted by atomic mass is 16.4. The van der Waals surface area contributed by atoms with E-state index in [-0.39, 0.29) is 12.2 Å². The van der Waals surface area contributed by atoms with Gasteiger partial charge in [-0.05, 0) is 24.1 Å². The maximum Gasteiger partial charge on any atom is 0.358 e. The number of amides is 1. The number of hydrogen-bond donors (Lipinski definition) is 5. The van der Waals surface area contributed by atoms with Crippen LogP contribution in [0.15, 0.2) is 24.3 Å².